The van der Waals surface area contributed by atoms with Gasteiger partial charge < -0.3 is 24.6 Å². The fraction of sp³-hybridized carbons (Fsp3) is 0.368. The Labute approximate surface area is 142 Å². The van der Waals surface area contributed by atoms with Gasteiger partial charge >= 0.3 is 0 Å². The first-order chi connectivity index (χ1) is 11.6. The molecule has 0 aromatic heterocycles. The van der Waals surface area contributed by atoms with Crippen LogP contribution in [0.4, 0.5) is 0 Å². The molecule has 0 aliphatic carbocycles. The van der Waals surface area contributed by atoms with E-state index in [1.165, 1.54) is 11.1 Å². The molecule has 0 spiro atoms. The second-order valence-electron chi connectivity index (χ2n) is 6.13. The van der Waals surface area contributed by atoms with Crippen LogP contribution in [0.1, 0.15) is 16.7 Å². The Morgan fingerprint density at radius 2 is 1.92 bits per heavy atom. The summed E-state index contributed by atoms with van der Waals surface area (Å²) in [6.07, 6.45) is -0.513. The Morgan fingerprint density at radius 1 is 1.08 bits per heavy atom. The number of aliphatic hydroxyl groups excluding tert-OH is 1. The molecule has 0 saturated heterocycles. The second kappa shape index (κ2) is 7.55. The summed E-state index contributed by atoms with van der Waals surface area (Å²) in [5.74, 6) is 2.38. The Kier molecular flexibility index (Phi) is 5.23. The van der Waals surface area contributed by atoms with Gasteiger partial charge in [-0.1, -0.05) is 6.07 Å². The lowest BCUT2D eigenvalue weighted by Crippen LogP contribution is -2.85. The number of hydrogen-bond donors (Lipinski definition) is 2. The van der Waals surface area contributed by atoms with Gasteiger partial charge in [-0.15, -0.1) is 0 Å². The number of aliphatic hydroxyl groups is 1. The van der Waals surface area contributed by atoms with Gasteiger partial charge in [0.1, 0.15) is 31.5 Å². The highest BCUT2D eigenvalue weighted by Crippen LogP contribution is 2.32. The fourth-order valence-corrected chi connectivity index (χ4v) is 2.57. The molecule has 1 aliphatic rings. The van der Waals surface area contributed by atoms with Crippen LogP contribution in [0.2, 0.25) is 0 Å². The zero-order chi connectivity index (χ0) is 16.9. The molecule has 128 valence electrons. The van der Waals surface area contributed by atoms with E-state index >= 15 is 0 Å². The summed E-state index contributed by atoms with van der Waals surface area (Å²) in [5.41, 5.74) is 3.57. The van der Waals surface area contributed by atoms with Crippen LogP contribution >= 0.6 is 0 Å². The highest BCUT2D eigenvalue weighted by atomic mass is 16.7. The molecule has 1 atom stereocenters. The average Bonchev–Trinajstić information content (AvgIpc) is 3.04. The maximum atomic E-state index is 10.1. The summed E-state index contributed by atoms with van der Waals surface area (Å²) < 4.78 is 16.3. The van der Waals surface area contributed by atoms with Crippen LogP contribution in [0.3, 0.4) is 0 Å². The van der Waals surface area contributed by atoms with E-state index < -0.39 is 6.10 Å². The predicted molar refractivity (Wildman–Crippen MR) is 90.5 cm³/mol. The molecule has 5 nitrogen and oxygen atoms in total. The molecule has 2 aromatic rings. The van der Waals surface area contributed by atoms with Crippen molar-refractivity contribution in [2.45, 2.75) is 26.5 Å². The number of benzene rings is 2. The van der Waals surface area contributed by atoms with Gasteiger partial charge in [0.2, 0.25) is 6.79 Å². The molecule has 3 rings (SSSR count). The van der Waals surface area contributed by atoms with Crippen molar-refractivity contribution in [2.24, 2.45) is 0 Å². The maximum absolute atomic E-state index is 10.1. The molecule has 3 N–H and O–H groups in total. The number of fused-ring (bicyclic) bond motifs is 1. The number of ether oxygens (including phenoxy) is 3. The summed E-state index contributed by atoms with van der Waals surface area (Å²) in [6, 6.07) is 11.9. The van der Waals surface area contributed by atoms with Gasteiger partial charge in [-0.25, -0.2) is 0 Å². The minimum absolute atomic E-state index is 0.289. The first kappa shape index (κ1) is 16.6. The third kappa shape index (κ3) is 4.19. The van der Waals surface area contributed by atoms with Crippen LogP contribution < -0.4 is 19.5 Å². The van der Waals surface area contributed by atoms with Crippen LogP contribution in [0, 0.1) is 13.8 Å². The zero-order valence-electron chi connectivity index (χ0n) is 14.1. The summed E-state index contributed by atoms with van der Waals surface area (Å²) in [6.45, 7) is 6.06. The van der Waals surface area contributed by atoms with Crippen molar-refractivity contribution >= 4 is 0 Å². The van der Waals surface area contributed by atoms with Crippen molar-refractivity contribution in [2.75, 3.05) is 19.9 Å². The lowest BCUT2D eigenvalue weighted by atomic mass is 10.1. The second-order valence-corrected chi connectivity index (χ2v) is 6.13. The number of aryl methyl sites for hydroxylation is 2. The average molecular weight is 330 g/mol. The number of hydrogen-bond acceptors (Lipinski definition) is 4. The van der Waals surface area contributed by atoms with Crippen molar-refractivity contribution in [3.05, 3.63) is 53.1 Å². The highest BCUT2D eigenvalue weighted by Gasteiger charge is 2.14. The fourth-order valence-electron chi connectivity index (χ4n) is 2.57. The molecule has 0 radical (unpaired) electrons. The molecule has 24 heavy (non-hydrogen) atoms. The lowest BCUT2D eigenvalue weighted by Gasteiger charge is -2.12. The van der Waals surface area contributed by atoms with Crippen LogP contribution in [-0.4, -0.2) is 31.2 Å². The molecular weight excluding hydrogens is 306 g/mol. The van der Waals surface area contributed by atoms with Crippen LogP contribution in [0.25, 0.3) is 0 Å². The minimum atomic E-state index is -0.513. The normalized spacial score (nSPS) is 13.8. The van der Waals surface area contributed by atoms with Crippen LogP contribution in [0.5, 0.6) is 17.2 Å². The van der Waals surface area contributed by atoms with Gasteiger partial charge in [0.15, 0.2) is 11.5 Å². The number of quaternary nitrogens is 1. The summed E-state index contributed by atoms with van der Waals surface area (Å²) in [7, 11) is 0. The van der Waals surface area contributed by atoms with Crippen molar-refractivity contribution in [3.8, 4) is 17.2 Å². The van der Waals surface area contributed by atoms with E-state index in [4.69, 9.17) is 14.2 Å². The van der Waals surface area contributed by atoms with Crippen LogP contribution in [0.15, 0.2) is 36.4 Å². The topological polar surface area (TPSA) is 64.5 Å². The quantitative estimate of drug-likeness (QED) is 0.808. The molecule has 0 amide bonds. The molecule has 0 fully saturated rings. The van der Waals surface area contributed by atoms with E-state index in [9.17, 15) is 5.11 Å². The van der Waals surface area contributed by atoms with Crippen molar-refractivity contribution in [1.82, 2.24) is 0 Å². The third-order valence-electron chi connectivity index (χ3n) is 4.18. The standard InChI is InChI=1S/C19H23NO4/c1-13-3-5-17(7-14(13)2)22-11-16(21)10-20-9-15-4-6-18-19(8-15)24-12-23-18/h3-8,16,20-21H,9-12H2,1-2H3/p+1/t16-/m1/s1. The van der Waals surface area contributed by atoms with Crippen molar-refractivity contribution in [1.29, 1.82) is 0 Å². The number of nitrogens with two attached hydrogens (primary N) is 1. The van der Waals surface area contributed by atoms with E-state index in [0.29, 0.717) is 13.2 Å². The maximum Gasteiger partial charge on any atom is 0.231 e. The van der Waals surface area contributed by atoms with E-state index in [1.54, 1.807) is 0 Å². The molecular formula is C19H24NO4+. The molecule has 1 heterocycles. The van der Waals surface area contributed by atoms with E-state index in [1.807, 2.05) is 36.4 Å². The first-order valence-electron chi connectivity index (χ1n) is 8.20. The largest absolute Gasteiger partial charge is 0.491 e. The molecule has 5 heteroatoms. The lowest BCUT2D eigenvalue weighted by molar-refractivity contribution is -0.676. The summed E-state index contributed by atoms with van der Waals surface area (Å²) in [4.78, 5) is 0. The number of rotatable bonds is 7. The Morgan fingerprint density at radius 3 is 2.75 bits per heavy atom. The SMILES string of the molecule is Cc1ccc(OC[C@H](O)C[NH2+]Cc2ccc3c(c2)OCO3)cc1C. The van der Waals surface area contributed by atoms with Gasteiger partial charge in [-0.05, 0) is 55.3 Å². The zero-order valence-corrected chi connectivity index (χ0v) is 14.1. The molecule has 0 bridgehead atoms. The van der Waals surface area contributed by atoms with E-state index in [0.717, 1.165) is 29.4 Å². The molecule has 0 saturated carbocycles. The molecule has 2 aromatic carbocycles. The summed E-state index contributed by atoms with van der Waals surface area (Å²) in [5, 5.41) is 12.1. The van der Waals surface area contributed by atoms with Crippen molar-refractivity contribution < 1.29 is 24.6 Å². The Bertz CT molecular complexity index is 702. The van der Waals surface area contributed by atoms with Crippen LogP contribution in [-0.2, 0) is 6.54 Å². The third-order valence-corrected chi connectivity index (χ3v) is 4.18. The Balaban J connectivity index is 1.41. The minimum Gasteiger partial charge on any atom is -0.491 e. The van der Waals surface area contributed by atoms with E-state index in [2.05, 4.69) is 19.2 Å². The van der Waals surface area contributed by atoms with E-state index in [-0.39, 0.29) is 6.79 Å². The van der Waals surface area contributed by atoms with Gasteiger partial charge in [-0.2, -0.15) is 0 Å². The smallest absolute Gasteiger partial charge is 0.231 e. The predicted octanol–water partition coefficient (Wildman–Crippen LogP) is 1.54. The molecule has 0 unspecified atom stereocenters. The highest BCUT2D eigenvalue weighted by molar-refractivity contribution is 5.44. The monoisotopic (exact) mass is 330 g/mol. The van der Waals surface area contributed by atoms with Gasteiger partial charge in [0, 0.05) is 5.56 Å². The summed E-state index contributed by atoms with van der Waals surface area (Å²) >= 11 is 0. The molecule has 1 aliphatic heterocycles. The van der Waals surface area contributed by atoms with Crippen molar-refractivity contribution in [3.63, 3.8) is 0 Å². The van der Waals surface area contributed by atoms with Gasteiger partial charge in [0.25, 0.3) is 0 Å². The Hall–Kier alpha value is -2.24. The van der Waals surface area contributed by atoms with Gasteiger partial charge in [-0.3, -0.25) is 0 Å². The first-order valence-corrected chi connectivity index (χ1v) is 8.20. The van der Waals surface area contributed by atoms with Gasteiger partial charge in [0.05, 0.1) is 0 Å².